The molecule has 2 aromatic rings. The van der Waals surface area contributed by atoms with Crippen molar-refractivity contribution in [1.82, 2.24) is 15.5 Å². The molecule has 0 radical (unpaired) electrons. The average molecular weight is 275 g/mol. The lowest BCUT2D eigenvalue weighted by Crippen LogP contribution is -2.31. The second-order valence-electron chi connectivity index (χ2n) is 5.53. The highest BCUT2D eigenvalue weighted by molar-refractivity contribution is 5.51. The van der Waals surface area contributed by atoms with E-state index in [9.17, 15) is 0 Å². The molecule has 1 aliphatic rings. The van der Waals surface area contributed by atoms with Gasteiger partial charge in [0.2, 0.25) is 11.7 Å². The minimum Gasteiger partial charge on any atom is -0.461 e. The van der Waals surface area contributed by atoms with Gasteiger partial charge in [-0.2, -0.15) is 4.98 Å². The fourth-order valence-corrected chi connectivity index (χ4v) is 3.03. The van der Waals surface area contributed by atoms with Gasteiger partial charge in [0, 0.05) is 6.04 Å². The van der Waals surface area contributed by atoms with Gasteiger partial charge in [-0.15, -0.1) is 0 Å². The van der Waals surface area contributed by atoms with Crippen LogP contribution in [0.4, 0.5) is 0 Å². The number of hydrogen-bond acceptors (Lipinski definition) is 5. The zero-order valence-corrected chi connectivity index (χ0v) is 12.1. The molecule has 1 N–H and O–H groups in total. The van der Waals surface area contributed by atoms with Crippen molar-refractivity contribution in [3.8, 4) is 11.6 Å². The Balaban J connectivity index is 1.86. The molecule has 20 heavy (non-hydrogen) atoms. The molecule has 108 valence electrons. The summed E-state index contributed by atoms with van der Waals surface area (Å²) < 4.78 is 10.9. The van der Waals surface area contributed by atoms with E-state index in [1.807, 2.05) is 20.0 Å². The van der Waals surface area contributed by atoms with E-state index >= 15 is 0 Å². The Labute approximate surface area is 118 Å². The average Bonchev–Trinajstić information content (AvgIpc) is 3.02. The predicted octanol–water partition coefficient (Wildman–Crippen LogP) is 3.27. The number of nitrogens with zero attached hydrogens (tertiary/aromatic N) is 2. The van der Waals surface area contributed by atoms with Gasteiger partial charge in [0.15, 0.2) is 5.76 Å². The highest BCUT2D eigenvalue weighted by Gasteiger charge is 2.29. The molecule has 5 heteroatoms. The lowest BCUT2D eigenvalue weighted by molar-refractivity contribution is 0.310. The van der Waals surface area contributed by atoms with Crippen LogP contribution in [-0.2, 0) is 0 Å². The second-order valence-corrected chi connectivity index (χ2v) is 5.53. The van der Waals surface area contributed by atoms with Crippen molar-refractivity contribution in [2.75, 3.05) is 7.05 Å². The SMILES string of the molecule is CNC1CCCCCC1c1nc(-c2occc2C)no1. The summed E-state index contributed by atoms with van der Waals surface area (Å²) in [5.41, 5.74) is 1.03. The molecule has 0 aliphatic heterocycles. The summed E-state index contributed by atoms with van der Waals surface area (Å²) >= 11 is 0. The van der Waals surface area contributed by atoms with Crippen molar-refractivity contribution < 1.29 is 8.94 Å². The van der Waals surface area contributed by atoms with Gasteiger partial charge in [0.1, 0.15) is 0 Å². The minimum atomic E-state index is 0.305. The summed E-state index contributed by atoms with van der Waals surface area (Å²) in [6, 6.07) is 2.33. The van der Waals surface area contributed by atoms with Crippen LogP contribution in [0.25, 0.3) is 11.6 Å². The monoisotopic (exact) mass is 275 g/mol. The topological polar surface area (TPSA) is 64.1 Å². The first kappa shape index (κ1) is 13.4. The summed E-state index contributed by atoms with van der Waals surface area (Å²) in [6.07, 6.45) is 7.69. The maximum Gasteiger partial charge on any atom is 0.238 e. The molecule has 5 nitrogen and oxygen atoms in total. The first-order valence-corrected chi connectivity index (χ1v) is 7.35. The Morgan fingerprint density at radius 3 is 2.85 bits per heavy atom. The lowest BCUT2D eigenvalue weighted by atomic mass is 9.95. The van der Waals surface area contributed by atoms with E-state index in [2.05, 4.69) is 15.5 Å². The van der Waals surface area contributed by atoms with E-state index in [1.54, 1.807) is 6.26 Å². The molecule has 2 atom stereocenters. The molecule has 1 aliphatic carbocycles. The highest BCUT2D eigenvalue weighted by Crippen LogP contribution is 2.32. The third kappa shape index (κ3) is 2.50. The van der Waals surface area contributed by atoms with Crippen LogP contribution >= 0.6 is 0 Å². The molecule has 0 bridgehead atoms. The molecule has 2 heterocycles. The molecule has 2 aromatic heterocycles. The maximum atomic E-state index is 5.51. The molecule has 0 spiro atoms. The van der Waals surface area contributed by atoms with Crippen LogP contribution in [0.3, 0.4) is 0 Å². The van der Waals surface area contributed by atoms with E-state index in [0.717, 1.165) is 17.9 Å². The van der Waals surface area contributed by atoms with Gasteiger partial charge in [-0.05, 0) is 38.4 Å². The number of furan rings is 1. The summed E-state index contributed by atoms with van der Waals surface area (Å²) in [4.78, 5) is 4.57. The van der Waals surface area contributed by atoms with E-state index in [-0.39, 0.29) is 0 Å². The highest BCUT2D eigenvalue weighted by atomic mass is 16.5. The van der Waals surface area contributed by atoms with E-state index < -0.39 is 0 Å². The quantitative estimate of drug-likeness (QED) is 0.871. The van der Waals surface area contributed by atoms with Crippen molar-refractivity contribution in [3.05, 3.63) is 23.8 Å². The first-order chi connectivity index (χ1) is 9.79. The van der Waals surface area contributed by atoms with Gasteiger partial charge in [0.25, 0.3) is 0 Å². The Hall–Kier alpha value is -1.62. The summed E-state index contributed by atoms with van der Waals surface area (Å²) in [6.45, 7) is 1.98. The van der Waals surface area contributed by atoms with Crippen molar-refractivity contribution in [2.24, 2.45) is 0 Å². The third-order valence-corrected chi connectivity index (χ3v) is 4.21. The van der Waals surface area contributed by atoms with Crippen molar-refractivity contribution >= 4 is 0 Å². The van der Waals surface area contributed by atoms with Gasteiger partial charge in [-0.1, -0.05) is 24.4 Å². The van der Waals surface area contributed by atoms with E-state index in [1.165, 1.54) is 25.7 Å². The number of likely N-dealkylation sites (N-methyl/N-ethyl adjacent to an activating group) is 1. The van der Waals surface area contributed by atoms with Crippen LogP contribution in [0.1, 0.15) is 49.5 Å². The largest absolute Gasteiger partial charge is 0.461 e. The van der Waals surface area contributed by atoms with Crippen molar-refractivity contribution in [3.63, 3.8) is 0 Å². The van der Waals surface area contributed by atoms with E-state index in [0.29, 0.717) is 23.5 Å². The van der Waals surface area contributed by atoms with Crippen LogP contribution < -0.4 is 5.32 Å². The summed E-state index contributed by atoms with van der Waals surface area (Å²) in [5, 5.41) is 7.48. The molecule has 0 amide bonds. The molecule has 2 unspecified atom stereocenters. The number of aryl methyl sites for hydroxylation is 1. The molecule has 1 saturated carbocycles. The Morgan fingerprint density at radius 2 is 2.10 bits per heavy atom. The zero-order chi connectivity index (χ0) is 13.9. The Morgan fingerprint density at radius 1 is 1.25 bits per heavy atom. The Kier molecular flexibility index (Phi) is 3.87. The maximum absolute atomic E-state index is 5.51. The standard InChI is InChI=1S/C15H21N3O2/c1-10-8-9-19-13(10)14-17-15(20-18-14)11-6-4-3-5-7-12(11)16-2/h8-9,11-12,16H,3-7H2,1-2H3. The van der Waals surface area contributed by atoms with Crippen molar-refractivity contribution in [1.29, 1.82) is 0 Å². The van der Waals surface area contributed by atoms with Gasteiger partial charge in [-0.3, -0.25) is 0 Å². The van der Waals surface area contributed by atoms with Gasteiger partial charge >= 0.3 is 0 Å². The van der Waals surface area contributed by atoms with Gasteiger partial charge in [-0.25, -0.2) is 0 Å². The van der Waals surface area contributed by atoms with Crippen LogP contribution in [0.2, 0.25) is 0 Å². The van der Waals surface area contributed by atoms with E-state index in [4.69, 9.17) is 8.94 Å². The predicted molar refractivity (Wildman–Crippen MR) is 75.4 cm³/mol. The number of rotatable bonds is 3. The van der Waals surface area contributed by atoms with Crippen LogP contribution in [0.15, 0.2) is 21.3 Å². The smallest absolute Gasteiger partial charge is 0.238 e. The molecular formula is C15H21N3O2. The molecular weight excluding hydrogens is 254 g/mol. The van der Waals surface area contributed by atoms with Gasteiger partial charge < -0.3 is 14.3 Å². The summed E-state index contributed by atoms with van der Waals surface area (Å²) in [5.74, 6) is 2.30. The van der Waals surface area contributed by atoms with Crippen LogP contribution in [0, 0.1) is 6.92 Å². The molecule has 0 saturated heterocycles. The fraction of sp³-hybridized carbons (Fsp3) is 0.600. The molecule has 3 rings (SSSR count). The summed E-state index contributed by atoms with van der Waals surface area (Å²) in [7, 11) is 2.01. The van der Waals surface area contributed by atoms with Crippen LogP contribution in [0.5, 0.6) is 0 Å². The number of hydrogen-bond donors (Lipinski definition) is 1. The second kappa shape index (κ2) is 5.79. The lowest BCUT2D eigenvalue weighted by Gasteiger charge is -2.20. The van der Waals surface area contributed by atoms with Crippen molar-refractivity contribution in [2.45, 2.75) is 51.0 Å². The molecule has 1 fully saturated rings. The molecule has 0 aromatic carbocycles. The van der Waals surface area contributed by atoms with Gasteiger partial charge in [0.05, 0.1) is 12.2 Å². The third-order valence-electron chi connectivity index (χ3n) is 4.21. The normalized spacial score (nSPS) is 23.7. The fourth-order valence-electron chi connectivity index (χ4n) is 3.03. The van der Waals surface area contributed by atoms with Crippen LogP contribution in [-0.4, -0.2) is 23.2 Å². The Bertz CT molecular complexity index is 561. The number of aromatic nitrogens is 2. The first-order valence-electron chi connectivity index (χ1n) is 7.35. The minimum absolute atomic E-state index is 0.305. The number of nitrogens with one attached hydrogen (secondary N) is 1. The zero-order valence-electron chi connectivity index (χ0n) is 12.1.